The van der Waals surface area contributed by atoms with Gasteiger partial charge in [-0.2, -0.15) is 0 Å². The van der Waals surface area contributed by atoms with E-state index in [-0.39, 0.29) is 6.03 Å². The van der Waals surface area contributed by atoms with E-state index in [9.17, 15) is 4.79 Å². The maximum atomic E-state index is 12.5. The number of anilines is 1. The molecule has 3 heterocycles. The molecule has 1 aromatic carbocycles. The summed E-state index contributed by atoms with van der Waals surface area (Å²) in [4.78, 5) is 18.9. The molecule has 0 bridgehead atoms. The van der Waals surface area contributed by atoms with Gasteiger partial charge in [0.15, 0.2) is 5.13 Å². The number of fused-ring (bicyclic) bond motifs is 1. The van der Waals surface area contributed by atoms with Gasteiger partial charge in [0, 0.05) is 13.1 Å². The van der Waals surface area contributed by atoms with Crippen LogP contribution >= 0.6 is 11.3 Å². The van der Waals surface area contributed by atoms with E-state index in [4.69, 9.17) is 9.47 Å². The maximum Gasteiger partial charge on any atom is 0.323 e. The summed E-state index contributed by atoms with van der Waals surface area (Å²) in [5.41, 5.74) is 2.15. The Hall–Kier alpha value is -1.90. The fourth-order valence-electron chi connectivity index (χ4n) is 3.61. The lowest BCUT2D eigenvalue weighted by molar-refractivity contribution is 0.0564. The molecule has 2 saturated heterocycles. The zero-order valence-electron chi connectivity index (χ0n) is 14.9. The predicted octanol–water partition coefficient (Wildman–Crippen LogP) is 2.64. The molecule has 0 aliphatic carbocycles. The minimum Gasteiger partial charge on any atom is -0.494 e. The molecular weight excluding hydrogens is 352 g/mol. The van der Waals surface area contributed by atoms with Gasteiger partial charge in [-0.3, -0.25) is 5.32 Å². The summed E-state index contributed by atoms with van der Waals surface area (Å²) in [7, 11) is 1.66. The number of nitrogens with one attached hydrogen (secondary N) is 2. The van der Waals surface area contributed by atoms with Crippen molar-refractivity contribution in [1.29, 1.82) is 0 Å². The molecule has 4 rings (SSSR count). The highest BCUT2D eigenvalue weighted by Crippen LogP contribution is 2.40. The Bertz CT molecular complexity index is 782. The molecule has 7 nitrogen and oxygen atoms in total. The summed E-state index contributed by atoms with van der Waals surface area (Å²) >= 11 is 1.54. The third-order valence-electron chi connectivity index (χ3n) is 5.05. The van der Waals surface area contributed by atoms with Crippen molar-refractivity contribution < 1.29 is 14.3 Å². The van der Waals surface area contributed by atoms with Gasteiger partial charge in [-0.1, -0.05) is 17.4 Å². The summed E-state index contributed by atoms with van der Waals surface area (Å²) in [5, 5.41) is 6.99. The van der Waals surface area contributed by atoms with Crippen molar-refractivity contribution in [1.82, 2.24) is 15.2 Å². The average Bonchev–Trinajstić information content (AvgIpc) is 3.12. The van der Waals surface area contributed by atoms with E-state index < -0.39 is 0 Å². The van der Waals surface area contributed by atoms with Gasteiger partial charge >= 0.3 is 6.03 Å². The van der Waals surface area contributed by atoms with Crippen LogP contribution in [0, 0.1) is 0 Å². The smallest absolute Gasteiger partial charge is 0.323 e. The molecule has 0 spiro atoms. The second-order valence-electron chi connectivity index (χ2n) is 6.61. The minimum atomic E-state index is -0.116. The standard InChI is InChI=1S/C18H24N4O3S/c1-24-14-3-2-13(12-4-6-19-7-5-12)16-15(14)20-17(26-16)21-18(23)22-8-10-25-11-9-22/h2-3,12,19H,4-11H2,1H3,(H,20,21,23). The number of ether oxygens (including phenoxy) is 2. The second-order valence-corrected chi connectivity index (χ2v) is 7.61. The molecule has 2 aliphatic rings. The number of nitrogens with zero attached hydrogens (tertiary/aromatic N) is 2. The number of hydrogen-bond donors (Lipinski definition) is 2. The lowest BCUT2D eigenvalue weighted by Gasteiger charge is -2.26. The number of urea groups is 1. The van der Waals surface area contributed by atoms with Crippen molar-refractivity contribution in [2.75, 3.05) is 51.8 Å². The second kappa shape index (κ2) is 7.77. The molecule has 26 heavy (non-hydrogen) atoms. The quantitative estimate of drug-likeness (QED) is 0.861. The number of carbonyl (C=O) groups excluding carboxylic acids is 1. The number of amides is 2. The normalized spacial score (nSPS) is 18.9. The van der Waals surface area contributed by atoms with Gasteiger partial charge in [0.05, 0.1) is 25.0 Å². The number of thiazole rings is 1. The summed E-state index contributed by atoms with van der Waals surface area (Å²) in [5.74, 6) is 1.27. The van der Waals surface area contributed by atoms with Crippen molar-refractivity contribution in [3.05, 3.63) is 17.7 Å². The van der Waals surface area contributed by atoms with Crippen LogP contribution < -0.4 is 15.4 Å². The first-order valence-corrected chi connectivity index (χ1v) is 9.89. The molecule has 0 unspecified atom stereocenters. The number of carbonyl (C=O) groups is 1. The van der Waals surface area contributed by atoms with Crippen LogP contribution in [0.15, 0.2) is 12.1 Å². The third kappa shape index (κ3) is 3.49. The summed E-state index contributed by atoms with van der Waals surface area (Å²) in [6.07, 6.45) is 2.24. The van der Waals surface area contributed by atoms with Crippen LogP contribution in [0.4, 0.5) is 9.93 Å². The zero-order valence-corrected chi connectivity index (χ0v) is 15.7. The Morgan fingerprint density at radius 2 is 2.12 bits per heavy atom. The first-order chi connectivity index (χ1) is 12.8. The molecule has 2 aromatic rings. The van der Waals surface area contributed by atoms with Crippen molar-refractivity contribution in [3.63, 3.8) is 0 Å². The highest BCUT2D eigenvalue weighted by Gasteiger charge is 2.23. The van der Waals surface area contributed by atoms with Crippen LogP contribution in [0.1, 0.15) is 24.3 Å². The van der Waals surface area contributed by atoms with Crippen LogP contribution in [0.2, 0.25) is 0 Å². The Morgan fingerprint density at radius 1 is 1.35 bits per heavy atom. The summed E-state index contributed by atoms with van der Waals surface area (Å²) in [6.45, 7) is 4.47. The number of piperidine rings is 1. The van der Waals surface area contributed by atoms with Crippen LogP contribution in [-0.4, -0.2) is 62.4 Å². The van der Waals surface area contributed by atoms with Gasteiger partial charge < -0.3 is 19.7 Å². The van der Waals surface area contributed by atoms with Gasteiger partial charge in [0.1, 0.15) is 11.3 Å². The maximum absolute atomic E-state index is 12.5. The number of morpholine rings is 1. The van der Waals surface area contributed by atoms with E-state index in [0.717, 1.165) is 41.9 Å². The van der Waals surface area contributed by atoms with Crippen LogP contribution in [0.5, 0.6) is 5.75 Å². The monoisotopic (exact) mass is 376 g/mol. The summed E-state index contributed by atoms with van der Waals surface area (Å²) in [6, 6.07) is 4.03. The highest BCUT2D eigenvalue weighted by molar-refractivity contribution is 7.22. The average molecular weight is 376 g/mol. The molecule has 2 aliphatic heterocycles. The van der Waals surface area contributed by atoms with Crippen molar-refractivity contribution >= 4 is 32.7 Å². The van der Waals surface area contributed by atoms with E-state index in [1.165, 1.54) is 16.9 Å². The van der Waals surface area contributed by atoms with Crippen molar-refractivity contribution in [3.8, 4) is 5.75 Å². The Balaban J connectivity index is 1.62. The highest BCUT2D eigenvalue weighted by atomic mass is 32.1. The van der Waals surface area contributed by atoms with E-state index in [1.54, 1.807) is 12.0 Å². The lowest BCUT2D eigenvalue weighted by atomic mass is 9.90. The number of aromatic nitrogens is 1. The largest absolute Gasteiger partial charge is 0.494 e. The fraction of sp³-hybridized carbons (Fsp3) is 0.556. The van der Waals surface area contributed by atoms with Gasteiger partial charge in [0.2, 0.25) is 0 Å². The Morgan fingerprint density at radius 3 is 2.85 bits per heavy atom. The number of benzene rings is 1. The molecule has 0 saturated carbocycles. The molecule has 1 aromatic heterocycles. The lowest BCUT2D eigenvalue weighted by Crippen LogP contribution is -2.43. The number of methoxy groups -OCH3 is 1. The molecule has 2 N–H and O–H groups in total. The molecular formula is C18H24N4O3S. The number of hydrogen-bond acceptors (Lipinski definition) is 6. The van der Waals surface area contributed by atoms with Gasteiger partial charge in [-0.05, 0) is 43.5 Å². The molecule has 2 amide bonds. The van der Waals surface area contributed by atoms with E-state index in [0.29, 0.717) is 37.4 Å². The molecule has 2 fully saturated rings. The summed E-state index contributed by atoms with van der Waals surface area (Å²) < 4.78 is 11.9. The van der Waals surface area contributed by atoms with Crippen molar-refractivity contribution in [2.24, 2.45) is 0 Å². The van der Waals surface area contributed by atoms with Crippen molar-refractivity contribution in [2.45, 2.75) is 18.8 Å². The molecule has 140 valence electrons. The third-order valence-corrected chi connectivity index (χ3v) is 6.07. The number of rotatable bonds is 3. The zero-order chi connectivity index (χ0) is 17.9. The minimum absolute atomic E-state index is 0.116. The van der Waals surface area contributed by atoms with Gasteiger partial charge in [-0.25, -0.2) is 9.78 Å². The van der Waals surface area contributed by atoms with Crippen LogP contribution in [0.3, 0.4) is 0 Å². The van der Waals surface area contributed by atoms with Gasteiger partial charge in [-0.15, -0.1) is 0 Å². The first kappa shape index (κ1) is 17.5. The molecule has 8 heteroatoms. The molecule has 0 radical (unpaired) electrons. The van der Waals surface area contributed by atoms with Crippen LogP contribution in [-0.2, 0) is 4.74 Å². The fourth-order valence-corrected chi connectivity index (χ4v) is 4.68. The first-order valence-electron chi connectivity index (χ1n) is 9.08. The van der Waals surface area contributed by atoms with Gasteiger partial charge in [0.25, 0.3) is 0 Å². The predicted molar refractivity (Wildman–Crippen MR) is 102 cm³/mol. The van der Waals surface area contributed by atoms with Crippen LogP contribution in [0.25, 0.3) is 10.2 Å². The Kier molecular flexibility index (Phi) is 5.23. The Labute approximate surface area is 156 Å². The van der Waals surface area contributed by atoms with E-state index in [1.807, 2.05) is 6.07 Å². The topological polar surface area (TPSA) is 75.7 Å². The van der Waals surface area contributed by atoms with E-state index >= 15 is 0 Å². The van der Waals surface area contributed by atoms with E-state index in [2.05, 4.69) is 21.7 Å². The SMILES string of the molecule is COc1ccc(C2CCNCC2)c2sc(NC(=O)N3CCOCC3)nc12. The molecule has 0 atom stereocenters.